The monoisotopic (exact) mass is 549 g/mol. The highest BCUT2D eigenvalue weighted by atomic mass is 16.5. The molecule has 0 radical (unpaired) electrons. The number of ether oxygens (including phenoxy) is 1. The van der Waals surface area contributed by atoms with E-state index in [1.54, 1.807) is 29.2 Å². The number of benzene rings is 2. The molecule has 0 saturated carbocycles. The Labute approximate surface area is 235 Å². The lowest BCUT2D eigenvalue weighted by Gasteiger charge is -2.30. The van der Waals surface area contributed by atoms with Gasteiger partial charge in [-0.25, -0.2) is 0 Å². The maximum atomic E-state index is 13.8. The summed E-state index contributed by atoms with van der Waals surface area (Å²) < 4.78 is 6.09. The zero-order valence-corrected chi connectivity index (χ0v) is 23.2. The fourth-order valence-electron chi connectivity index (χ4n) is 5.13. The van der Waals surface area contributed by atoms with Crippen molar-refractivity contribution in [1.82, 2.24) is 25.8 Å². The average Bonchev–Trinajstić information content (AvgIpc) is 3.41. The van der Waals surface area contributed by atoms with Crippen molar-refractivity contribution in [2.75, 3.05) is 40.3 Å². The molecule has 1 saturated heterocycles. The number of carbonyl (C=O) groups excluding carboxylic acids is 4. The van der Waals surface area contributed by atoms with Gasteiger partial charge in [0.25, 0.3) is 5.91 Å². The van der Waals surface area contributed by atoms with Gasteiger partial charge >= 0.3 is 0 Å². The summed E-state index contributed by atoms with van der Waals surface area (Å²) >= 11 is 0. The molecule has 0 aromatic heterocycles. The molecule has 0 aliphatic carbocycles. The van der Waals surface area contributed by atoms with Crippen LogP contribution in [-0.4, -0.2) is 91.9 Å². The second-order valence-electron chi connectivity index (χ2n) is 10.6. The third kappa shape index (κ3) is 7.81. The van der Waals surface area contributed by atoms with Crippen LogP contribution in [0.25, 0.3) is 0 Å². The fraction of sp³-hybridized carbons (Fsp3) is 0.467. The second-order valence-corrected chi connectivity index (χ2v) is 10.6. The summed E-state index contributed by atoms with van der Waals surface area (Å²) in [5, 5.41) is 8.44. The number of rotatable bonds is 7. The van der Waals surface area contributed by atoms with E-state index in [9.17, 15) is 19.2 Å². The van der Waals surface area contributed by atoms with Crippen LogP contribution in [0.1, 0.15) is 41.6 Å². The van der Waals surface area contributed by atoms with Crippen LogP contribution >= 0.6 is 0 Å². The highest BCUT2D eigenvalue weighted by molar-refractivity contribution is 6.01. The van der Waals surface area contributed by atoms with Gasteiger partial charge in [-0.05, 0) is 57.6 Å². The molecule has 2 aromatic carbocycles. The van der Waals surface area contributed by atoms with E-state index < -0.39 is 29.8 Å². The first kappa shape index (κ1) is 29.1. The number of nitrogens with one attached hydrogen (secondary N) is 3. The van der Waals surface area contributed by atoms with Crippen molar-refractivity contribution in [3.8, 4) is 5.75 Å². The zero-order valence-electron chi connectivity index (χ0n) is 23.2. The molecule has 2 aliphatic rings. The topological polar surface area (TPSA) is 120 Å². The Kier molecular flexibility index (Phi) is 10.1. The van der Waals surface area contributed by atoms with Gasteiger partial charge in [-0.15, -0.1) is 0 Å². The lowest BCUT2D eigenvalue weighted by atomic mass is 10.0. The number of nitrogens with zero attached hydrogens (tertiary/aromatic N) is 2. The Balaban J connectivity index is 1.61. The molecular weight excluding hydrogens is 510 g/mol. The maximum Gasteiger partial charge on any atom is 0.255 e. The van der Waals surface area contributed by atoms with Crippen molar-refractivity contribution in [3.05, 3.63) is 65.7 Å². The van der Waals surface area contributed by atoms with E-state index in [0.717, 1.165) is 24.9 Å². The van der Waals surface area contributed by atoms with Crippen molar-refractivity contribution in [1.29, 1.82) is 0 Å². The number of hydrogen-bond donors (Lipinski definition) is 3. The van der Waals surface area contributed by atoms with Gasteiger partial charge < -0.3 is 30.5 Å². The number of amides is 4. The van der Waals surface area contributed by atoms with E-state index in [2.05, 4.69) is 16.0 Å². The van der Waals surface area contributed by atoms with Gasteiger partial charge in [0.15, 0.2) is 0 Å². The van der Waals surface area contributed by atoms with E-state index in [4.69, 9.17) is 4.74 Å². The minimum Gasteiger partial charge on any atom is -0.491 e. The third-order valence-electron chi connectivity index (χ3n) is 7.23. The molecule has 10 nitrogen and oxygen atoms in total. The SMILES string of the molecule is CN(C)CCCNC(=O)[C@@H]1CC(=O)N[C@@H](Cc2ccccc2)C(=O)N2CCC[C@@H]2COc2ccccc2C(=O)N1. The molecule has 0 bridgehead atoms. The van der Waals surface area contributed by atoms with Crippen molar-refractivity contribution in [3.63, 3.8) is 0 Å². The summed E-state index contributed by atoms with van der Waals surface area (Å²) in [7, 11) is 3.89. The van der Waals surface area contributed by atoms with E-state index in [1.807, 2.05) is 49.3 Å². The molecule has 0 spiro atoms. The first-order chi connectivity index (χ1) is 19.3. The number of fused-ring (bicyclic) bond motifs is 2. The molecule has 3 atom stereocenters. The predicted molar refractivity (Wildman–Crippen MR) is 151 cm³/mol. The zero-order chi connectivity index (χ0) is 28.5. The molecule has 214 valence electrons. The van der Waals surface area contributed by atoms with Crippen LogP contribution in [0.2, 0.25) is 0 Å². The van der Waals surface area contributed by atoms with Gasteiger partial charge in [-0.2, -0.15) is 0 Å². The van der Waals surface area contributed by atoms with Crippen molar-refractivity contribution in [2.24, 2.45) is 0 Å². The third-order valence-corrected chi connectivity index (χ3v) is 7.23. The van der Waals surface area contributed by atoms with Gasteiger partial charge in [0.05, 0.1) is 18.0 Å². The highest BCUT2D eigenvalue weighted by Crippen LogP contribution is 2.24. The second kappa shape index (κ2) is 13.9. The molecule has 2 heterocycles. The van der Waals surface area contributed by atoms with Crippen molar-refractivity contribution >= 4 is 23.6 Å². The highest BCUT2D eigenvalue weighted by Gasteiger charge is 2.36. The van der Waals surface area contributed by atoms with Gasteiger partial charge in [0.1, 0.15) is 24.4 Å². The molecular formula is C30H39N5O5. The Morgan fingerprint density at radius 1 is 1.05 bits per heavy atom. The predicted octanol–water partition coefficient (Wildman–Crippen LogP) is 1.35. The largest absolute Gasteiger partial charge is 0.491 e. The average molecular weight is 550 g/mol. The van der Waals surface area contributed by atoms with Crippen LogP contribution in [0.5, 0.6) is 5.75 Å². The van der Waals surface area contributed by atoms with Gasteiger partial charge in [0.2, 0.25) is 17.7 Å². The normalized spacial score (nSPS) is 21.9. The smallest absolute Gasteiger partial charge is 0.255 e. The first-order valence-electron chi connectivity index (χ1n) is 13.9. The van der Waals surface area contributed by atoms with E-state index >= 15 is 0 Å². The summed E-state index contributed by atoms with van der Waals surface area (Å²) in [6.45, 7) is 1.96. The maximum absolute atomic E-state index is 13.8. The molecule has 4 rings (SSSR count). The van der Waals surface area contributed by atoms with Crippen LogP contribution in [0.4, 0.5) is 0 Å². The Hall–Kier alpha value is -3.92. The number of carbonyl (C=O) groups is 4. The van der Waals surface area contributed by atoms with Crippen LogP contribution in [0, 0.1) is 0 Å². The Bertz CT molecular complexity index is 1190. The molecule has 2 aromatic rings. The van der Waals surface area contributed by atoms with Crippen LogP contribution in [0.15, 0.2) is 54.6 Å². The molecule has 10 heteroatoms. The Morgan fingerprint density at radius 2 is 1.80 bits per heavy atom. The summed E-state index contributed by atoms with van der Waals surface area (Å²) in [5.74, 6) is -1.26. The fourth-order valence-corrected chi connectivity index (χ4v) is 5.13. The standard InChI is InChI=1S/C30H39N5O5/c1-34(2)16-9-15-31-29(38)24-19-27(36)32-25(18-21-10-4-3-5-11-21)30(39)35-17-8-12-22(35)20-40-26-14-7-6-13-23(26)28(37)33-24/h3-7,10-11,13-14,22,24-25H,8-9,12,15-20H2,1-2H3,(H,31,38)(H,32,36)(H,33,37)/t22-,24+,25+/m1/s1. The minimum absolute atomic E-state index is 0.178. The minimum atomic E-state index is -1.13. The van der Waals surface area contributed by atoms with Crippen molar-refractivity contribution < 1.29 is 23.9 Å². The van der Waals surface area contributed by atoms with Gasteiger partial charge in [-0.3, -0.25) is 19.2 Å². The molecule has 3 N–H and O–H groups in total. The summed E-state index contributed by atoms with van der Waals surface area (Å²) in [5.41, 5.74) is 1.18. The van der Waals surface area contributed by atoms with E-state index in [1.165, 1.54) is 0 Å². The van der Waals surface area contributed by atoms with Gasteiger partial charge in [0, 0.05) is 19.5 Å². The van der Waals surface area contributed by atoms with E-state index in [0.29, 0.717) is 31.7 Å². The van der Waals surface area contributed by atoms with Crippen molar-refractivity contribution in [2.45, 2.75) is 50.2 Å². The summed E-state index contributed by atoms with van der Waals surface area (Å²) in [6, 6.07) is 14.2. The Morgan fingerprint density at radius 3 is 2.58 bits per heavy atom. The first-order valence-corrected chi connectivity index (χ1v) is 13.9. The number of hydrogen-bond acceptors (Lipinski definition) is 6. The van der Waals surface area contributed by atoms with Gasteiger partial charge in [-0.1, -0.05) is 42.5 Å². The molecule has 0 unspecified atom stereocenters. The quantitative estimate of drug-likeness (QED) is 0.449. The van der Waals surface area contributed by atoms with Crippen LogP contribution < -0.4 is 20.7 Å². The molecule has 40 heavy (non-hydrogen) atoms. The summed E-state index contributed by atoms with van der Waals surface area (Å²) in [4.78, 5) is 57.4. The van der Waals surface area contributed by atoms with Crippen LogP contribution in [-0.2, 0) is 20.8 Å². The lowest BCUT2D eigenvalue weighted by Crippen LogP contribution is -2.54. The molecule has 2 aliphatic heterocycles. The van der Waals surface area contributed by atoms with E-state index in [-0.39, 0.29) is 30.5 Å². The van der Waals surface area contributed by atoms with Crippen LogP contribution in [0.3, 0.4) is 0 Å². The summed E-state index contributed by atoms with van der Waals surface area (Å²) in [6.07, 6.45) is 2.31. The molecule has 1 fully saturated rings. The lowest BCUT2D eigenvalue weighted by molar-refractivity contribution is -0.138. The number of para-hydroxylation sites is 1. The molecule has 4 amide bonds.